The second kappa shape index (κ2) is 5.89. The summed E-state index contributed by atoms with van der Waals surface area (Å²) in [5.41, 5.74) is 1.15. The zero-order valence-corrected chi connectivity index (χ0v) is 12.7. The number of nitrogens with zero attached hydrogens (tertiary/aromatic N) is 1. The molecule has 0 saturated carbocycles. The summed E-state index contributed by atoms with van der Waals surface area (Å²) < 4.78 is 1.06. The van der Waals surface area contributed by atoms with Gasteiger partial charge in [0, 0.05) is 11.0 Å². The topological polar surface area (TPSA) is 41.5 Å². The van der Waals surface area contributed by atoms with Crippen molar-refractivity contribution in [2.75, 3.05) is 0 Å². The molecule has 96 valence electrons. The van der Waals surface area contributed by atoms with E-state index in [1.807, 2.05) is 38.1 Å². The maximum atomic E-state index is 11.6. The molecule has 1 amide bonds. The minimum Gasteiger partial charge on any atom is -0.360 e. The number of thioether (sulfide) groups is 1. The Morgan fingerprint density at radius 3 is 2.78 bits per heavy atom. The number of benzene rings is 1. The van der Waals surface area contributed by atoms with Crippen molar-refractivity contribution in [1.29, 1.82) is 0 Å². The first-order valence-electron chi connectivity index (χ1n) is 5.84. The Morgan fingerprint density at radius 1 is 1.44 bits per heavy atom. The zero-order chi connectivity index (χ0) is 13.1. The van der Waals surface area contributed by atoms with Crippen LogP contribution in [0.5, 0.6) is 0 Å². The van der Waals surface area contributed by atoms with Crippen LogP contribution in [0.1, 0.15) is 19.4 Å². The average Bonchev–Trinajstić information content (AvgIpc) is 2.70. The standard InChI is InChI=1S/C13H15BrN2OS/c1-8(2)11-12(17)16-13(18-11)15-7-9-5-3-4-6-10(9)14/h3-6,8,11H,7H2,1-2H3,(H,15,16,17). The van der Waals surface area contributed by atoms with E-state index >= 15 is 0 Å². The molecule has 1 aliphatic rings. The first kappa shape index (κ1) is 13.6. The molecule has 1 N–H and O–H groups in total. The Balaban J connectivity index is 1.95. The molecular formula is C13H15BrN2OS. The normalized spacial score (nSPS) is 19.2. The van der Waals surface area contributed by atoms with E-state index in [0.29, 0.717) is 12.5 Å². The molecule has 1 aromatic rings. The summed E-state index contributed by atoms with van der Waals surface area (Å²) >= 11 is 5.03. The van der Waals surface area contributed by atoms with Gasteiger partial charge in [0.15, 0.2) is 5.17 Å². The molecule has 0 bridgehead atoms. The number of amidine groups is 1. The quantitative estimate of drug-likeness (QED) is 0.927. The Bertz CT molecular complexity index is 488. The van der Waals surface area contributed by atoms with Crippen molar-refractivity contribution in [3.63, 3.8) is 0 Å². The van der Waals surface area contributed by atoms with Gasteiger partial charge in [0.1, 0.15) is 0 Å². The van der Waals surface area contributed by atoms with Crippen LogP contribution in [0.25, 0.3) is 0 Å². The number of amides is 1. The van der Waals surface area contributed by atoms with Crippen molar-refractivity contribution in [3.8, 4) is 0 Å². The van der Waals surface area contributed by atoms with Crippen LogP contribution >= 0.6 is 27.7 Å². The van der Waals surface area contributed by atoms with Crippen LogP contribution in [0.2, 0.25) is 0 Å². The van der Waals surface area contributed by atoms with Gasteiger partial charge in [-0.05, 0) is 17.5 Å². The summed E-state index contributed by atoms with van der Waals surface area (Å²) in [4.78, 5) is 15.7. The lowest BCUT2D eigenvalue weighted by Crippen LogP contribution is -2.20. The molecule has 3 nitrogen and oxygen atoms in total. The number of hydrogen-bond acceptors (Lipinski definition) is 3. The van der Waals surface area contributed by atoms with Gasteiger partial charge in [0.05, 0.1) is 5.25 Å². The van der Waals surface area contributed by atoms with Crippen molar-refractivity contribution in [1.82, 2.24) is 5.32 Å². The summed E-state index contributed by atoms with van der Waals surface area (Å²) in [5.74, 6) is 0.290. The van der Waals surface area contributed by atoms with Gasteiger partial charge in [-0.25, -0.2) is 0 Å². The van der Waals surface area contributed by atoms with Crippen LogP contribution in [0.3, 0.4) is 0 Å². The smallest absolute Gasteiger partial charge is 0.261 e. The van der Waals surface area contributed by atoms with Crippen molar-refractivity contribution in [3.05, 3.63) is 34.3 Å². The molecule has 0 radical (unpaired) electrons. The maximum absolute atomic E-state index is 11.6. The fraction of sp³-hybridized carbons (Fsp3) is 0.385. The van der Waals surface area contributed by atoms with E-state index in [4.69, 9.17) is 0 Å². The zero-order valence-electron chi connectivity index (χ0n) is 10.3. The van der Waals surface area contributed by atoms with E-state index in [-0.39, 0.29) is 11.2 Å². The van der Waals surface area contributed by atoms with Gasteiger partial charge in [-0.1, -0.05) is 59.7 Å². The van der Waals surface area contributed by atoms with Crippen LogP contribution in [0.4, 0.5) is 0 Å². The minimum atomic E-state index is -0.0354. The second-order valence-corrected chi connectivity index (χ2v) is 6.47. The fourth-order valence-electron chi connectivity index (χ4n) is 1.68. The van der Waals surface area contributed by atoms with E-state index in [9.17, 15) is 4.79 Å². The van der Waals surface area contributed by atoms with Gasteiger partial charge in [-0.15, -0.1) is 0 Å². The van der Waals surface area contributed by atoms with Crippen LogP contribution < -0.4 is 5.32 Å². The number of carbonyl (C=O) groups excluding carboxylic acids is 1. The molecule has 0 aromatic heterocycles. The Hall–Kier alpha value is -0.810. The van der Waals surface area contributed by atoms with E-state index in [0.717, 1.165) is 15.2 Å². The molecule has 0 saturated heterocycles. The first-order valence-corrected chi connectivity index (χ1v) is 7.51. The first-order chi connectivity index (χ1) is 8.58. The molecule has 1 heterocycles. The highest BCUT2D eigenvalue weighted by atomic mass is 79.9. The van der Waals surface area contributed by atoms with Crippen molar-refractivity contribution in [2.45, 2.75) is 25.6 Å². The SMILES string of the molecule is CC(C)C1SC(NCc2ccccc2Br)=NC1=O. The molecule has 0 fully saturated rings. The van der Waals surface area contributed by atoms with Gasteiger partial charge >= 0.3 is 0 Å². The molecule has 0 aliphatic carbocycles. The van der Waals surface area contributed by atoms with Gasteiger partial charge < -0.3 is 5.32 Å². The van der Waals surface area contributed by atoms with E-state index in [1.54, 1.807) is 0 Å². The van der Waals surface area contributed by atoms with E-state index < -0.39 is 0 Å². The predicted molar refractivity (Wildman–Crippen MR) is 79.6 cm³/mol. The third kappa shape index (κ3) is 3.14. The van der Waals surface area contributed by atoms with Crippen LogP contribution in [-0.2, 0) is 11.3 Å². The average molecular weight is 327 g/mol. The summed E-state index contributed by atoms with van der Waals surface area (Å²) in [6, 6.07) is 8.02. The second-order valence-electron chi connectivity index (χ2n) is 4.48. The maximum Gasteiger partial charge on any atom is 0.261 e. The van der Waals surface area contributed by atoms with Crippen LogP contribution in [0.15, 0.2) is 33.7 Å². The van der Waals surface area contributed by atoms with Crippen LogP contribution in [-0.4, -0.2) is 16.3 Å². The molecule has 1 atom stereocenters. The number of rotatable bonds is 3. The predicted octanol–water partition coefficient (Wildman–Crippen LogP) is 3.19. The lowest BCUT2D eigenvalue weighted by molar-refractivity contribution is -0.117. The largest absolute Gasteiger partial charge is 0.360 e. The Labute approximate surface area is 120 Å². The minimum absolute atomic E-state index is 0.0235. The molecule has 0 spiro atoms. The van der Waals surface area contributed by atoms with E-state index in [1.165, 1.54) is 11.8 Å². The number of hydrogen-bond donors (Lipinski definition) is 1. The lowest BCUT2D eigenvalue weighted by Gasteiger charge is -2.11. The van der Waals surface area contributed by atoms with Gasteiger partial charge in [0.2, 0.25) is 0 Å². The molecular weight excluding hydrogens is 312 g/mol. The lowest BCUT2D eigenvalue weighted by atomic mass is 10.1. The molecule has 18 heavy (non-hydrogen) atoms. The Kier molecular flexibility index (Phi) is 4.45. The Morgan fingerprint density at radius 2 is 2.17 bits per heavy atom. The molecule has 2 rings (SSSR count). The monoisotopic (exact) mass is 326 g/mol. The van der Waals surface area contributed by atoms with Crippen LogP contribution in [0, 0.1) is 5.92 Å². The van der Waals surface area contributed by atoms with Crippen molar-refractivity contribution < 1.29 is 4.79 Å². The summed E-state index contributed by atoms with van der Waals surface area (Å²) in [6.07, 6.45) is 0. The highest BCUT2D eigenvalue weighted by molar-refractivity contribution is 9.10. The highest BCUT2D eigenvalue weighted by Crippen LogP contribution is 2.27. The number of aliphatic imine (C=N–C) groups is 1. The number of carbonyl (C=O) groups is 1. The molecule has 1 unspecified atom stereocenters. The third-order valence-electron chi connectivity index (χ3n) is 2.69. The van der Waals surface area contributed by atoms with Gasteiger partial charge in [-0.3, -0.25) is 4.79 Å². The molecule has 1 aromatic carbocycles. The highest BCUT2D eigenvalue weighted by Gasteiger charge is 2.30. The summed E-state index contributed by atoms with van der Waals surface area (Å²) in [5, 5.41) is 3.91. The van der Waals surface area contributed by atoms with E-state index in [2.05, 4.69) is 26.2 Å². The van der Waals surface area contributed by atoms with Crippen molar-refractivity contribution in [2.24, 2.45) is 10.9 Å². The summed E-state index contributed by atoms with van der Waals surface area (Å²) in [6.45, 7) is 4.76. The number of halogens is 1. The molecule has 5 heteroatoms. The fourth-order valence-corrected chi connectivity index (χ4v) is 3.07. The number of nitrogens with one attached hydrogen (secondary N) is 1. The van der Waals surface area contributed by atoms with Gasteiger partial charge in [-0.2, -0.15) is 4.99 Å². The van der Waals surface area contributed by atoms with Gasteiger partial charge in [0.25, 0.3) is 5.91 Å². The third-order valence-corrected chi connectivity index (χ3v) is 4.92. The molecule has 1 aliphatic heterocycles. The van der Waals surface area contributed by atoms with Crippen molar-refractivity contribution >= 4 is 38.8 Å². The summed E-state index contributed by atoms with van der Waals surface area (Å²) in [7, 11) is 0.